The fraction of sp³-hybridized carbons (Fsp3) is 0.833. The maximum atomic E-state index is 13.5. The van der Waals surface area contributed by atoms with Gasteiger partial charge in [0.1, 0.15) is 0 Å². The first-order valence-electron chi connectivity index (χ1n) is 7.52. The molecule has 0 saturated carbocycles. The van der Waals surface area contributed by atoms with E-state index in [9.17, 15) is 70.2 Å². The summed E-state index contributed by atoms with van der Waals surface area (Å²) in [4.78, 5) is -4.42. The molecule has 0 spiro atoms. The number of alkyl halides is 16. The molecule has 188 valence electrons. The molecule has 0 aliphatic carbocycles. The van der Waals surface area contributed by atoms with Crippen LogP contribution in [0.5, 0.6) is 0 Å². The van der Waals surface area contributed by atoms with Gasteiger partial charge in [0.2, 0.25) is 0 Å². The Morgan fingerprint density at radius 1 is 0.406 bits per heavy atom. The Balaban J connectivity index is 2.32. The molecule has 20 heteroatoms. The summed E-state index contributed by atoms with van der Waals surface area (Å²) in [7, 11) is 0. The first kappa shape index (κ1) is 26.7. The van der Waals surface area contributed by atoms with E-state index in [2.05, 4.69) is 9.47 Å². The van der Waals surface area contributed by atoms with Crippen molar-refractivity contribution < 1.29 is 79.7 Å². The summed E-state index contributed by atoms with van der Waals surface area (Å²) < 4.78 is 216. The van der Waals surface area contributed by atoms with Crippen molar-refractivity contribution in [1.82, 2.24) is 9.80 Å². The van der Waals surface area contributed by atoms with Crippen LogP contribution < -0.4 is 0 Å². The van der Waals surface area contributed by atoms with Crippen LogP contribution in [0, 0.1) is 0 Å². The third-order valence-electron chi connectivity index (χ3n) is 4.01. The predicted molar refractivity (Wildman–Crippen MR) is 64.3 cm³/mol. The van der Waals surface area contributed by atoms with Gasteiger partial charge in [0.05, 0.1) is 0 Å². The first-order valence-corrected chi connectivity index (χ1v) is 7.52. The zero-order chi connectivity index (χ0) is 25.4. The Morgan fingerprint density at radius 2 is 0.594 bits per heavy atom. The number of rotatable bonds is 4. The lowest BCUT2D eigenvalue weighted by molar-refractivity contribution is -0.562. The van der Waals surface area contributed by atoms with E-state index < -0.39 is 83.7 Å². The molecule has 2 saturated heterocycles. The molecule has 2 fully saturated rings. The predicted octanol–water partition coefficient (Wildman–Crippen LogP) is 4.95. The normalized spacial score (nSPS) is 32.1. The van der Waals surface area contributed by atoms with Gasteiger partial charge in [-0.15, -0.1) is 0 Å². The molecule has 0 aromatic heterocycles. The molecular weight excluding hydrogens is 508 g/mol. The van der Waals surface area contributed by atoms with Crippen molar-refractivity contribution in [1.29, 1.82) is 0 Å². The number of nitrogens with zero attached hydrogens (tertiary/aromatic N) is 2. The second-order valence-electron chi connectivity index (χ2n) is 6.13. The molecule has 2 rings (SSSR count). The van der Waals surface area contributed by atoms with E-state index >= 15 is 0 Å². The summed E-state index contributed by atoms with van der Waals surface area (Å²) in [6.07, 6.45) is -25.8. The fourth-order valence-corrected chi connectivity index (χ4v) is 2.37. The smallest absolute Gasteiger partial charge is 0.243 e. The van der Waals surface area contributed by atoms with Crippen LogP contribution in [-0.2, 0) is 9.47 Å². The van der Waals surface area contributed by atoms with Crippen molar-refractivity contribution >= 4 is 0 Å². The highest BCUT2D eigenvalue weighted by Gasteiger charge is 2.83. The van der Waals surface area contributed by atoms with Gasteiger partial charge in [-0.05, 0) is 0 Å². The number of hydrogen-bond acceptors (Lipinski definition) is 4. The van der Waals surface area contributed by atoms with Crippen molar-refractivity contribution in [3.05, 3.63) is 12.2 Å². The molecule has 0 atom stereocenters. The van der Waals surface area contributed by atoms with Crippen LogP contribution >= 0.6 is 0 Å². The maximum Gasteiger partial charge on any atom is 0.439 e. The lowest BCUT2D eigenvalue weighted by atomic mass is 10.2. The standard InChI is InChI=1S/C12H6F16N2O2/c13-5(14)9(21,22)31-10(23,24)6(15,16)29(5)3-1-2-4-30-7(17,18)11(25,26)32-12(27,28)8(30,19)20/h1-2H,3-4H2/b2-1+. The zero-order valence-corrected chi connectivity index (χ0v) is 14.3. The lowest BCUT2D eigenvalue weighted by Gasteiger charge is -2.47. The second-order valence-corrected chi connectivity index (χ2v) is 6.13. The van der Waals surface area contributed by atoms with Crippen molar-refractivity contribution in [2.45, 2.75) is 48.6 Å². The van der Waals surface area contributed by atoms with Gasteiger partial charge in [-0.1, -0.05) is 12.2 Å². The van der Waals surface area contributed by atoms with E-state index in [4.69, 9.17) is 0 Å². The summed E-state index contributed by atoms with van der Waals surface area (Å²) in [6.45, 7) is -4.86. The van der Waals surface area contributed by atoms with E-state index in [0.29, 0.717) is 0 Å². The largest absolute Gasteiger partial charge is 0.439 e. The van der Waals surface area contributed by atoms with Gasteiger partial charge in [0, 0.05) is 13.1 Å². The van der Waals surface area contributed by atoms with Gasteiger partial charge >= 0.3 is 48.6 Å². The molecule has 0 aromatic rings. The average molecular weight is 514 g/mol. The minimum Gasteiger partial charge on any atom is -0.243 e. The zero-order valence-electron chi connectivity index (χ0n) is 14.3. The van der Waals surface area contributed by atoms with E-state index in [0.717, 1.165) is 0 Å². The maximum absolute atomic E-state index is 13.5. The summed E-state index contributed by atoms with van der Waals surface area (Å²) in [6, 6.07) is -24.8. The van der Waals surface area contributed by atoms with Gasteiger partial charge in [0.25, 0.3) is 0 Å². The van der Waals surface area contributed by atoms with Crippen LogP contribution in [-0.4, -0.2) is 71.5 Å². The van der Waals surface area contributed by atoms with Gasteiger partial charge in [-0.25, -0.2) is 9.47 Å². The summed E-state index contributed by atoms with van der Waals surface area (Å²) in [5, 5.41) is 0. The molecule has 32 heavy (non-hydrogen) atoms. The van der Waals surface area contributed by atoms with Gasteiger partial charge in [-0.2, -0.15) is 80.0 Å². The average Bonchev–Trinajstić information content (AvgIpc) is 2.52. The van der Waals surface area contributed by atoms with Crippen molar-refractivity contribution in [2.75, 3.05) is 13.1 Å². The lowest BCUT2D eigenvalue weighted by Crippen LogP contribution is -2.74. The van der Waals surface area contributed by atoms with Crippen molar-refractivity contribution in [3.8, 4) is 0 Å². The minimum absolute atomic E-state index is 0.419. The molecule has 0 unspecified atom stereocenters. The summed E-state index contributed by atoms with van der Waals surface area (Å²) in [5.41, 5.74) is 0. The third kappa shape index (κ3) is 3.58. The van der Waals surface area contributed by atoms with Crippen LogP contribution in [0.3, 0.4) is 0 Å². The number of ether oxygens (including phenoxy) is 2. The topological polar surface area (TPSA) is 24.9 Å². The second kappa shape index (κ2) is 6.98. The van der Waals surface area contributed by atoms with Crippen LogP contribution in [0.2, 0.25) is 0 Å². The highest BCUT2D eigenvalue weighted by atomic mass is 19.4. The Labute approximate surface area is 164 Å². The molecular formula is C12H6F16N2O2. The van der Waals surface area contributed by atoms with Crippen molar-refractivity contribution in [2.24, 2.45) is 0 Å². The summed E-state index contributed by atoms with van der Waals surface area (Å²) in [5.74, 6) is 0. The number of morpholine rings is 2. The van der Waals surface area contributed by atoms with Gasteiger partial charge < -0.3 is 0 Å². The Hall–Kier alpha value is -1.54. The van der Waals surface area contributed by atoms with Crippen LogP contribution in [0.1, 0.15) is 0 Å². The molecule has 0 radical (unpaired) electrons. The third-order valence-corrected chi connectivity index (χ3v) is 4.01. The Bertz CT molecular complexity index is 652. The Kier molecular flexibility index (Phi) is 5.83. The molecule has 2 heterocycles. The fourth-order valence-electron chi connectivity index (χ4n) is 2.37. The number of halogens is 16. The number of hydrogen-bond donors (Lipinski definition) is 0. The SMILES string of the molecule is FC1(F)OC(F)(F)C(F)(F)N(C/C=C/CN2C(F)(F)C(F)(F)OC(F)(F)C2(F)F)C1(F)F. The quantitative estimate of drug-likeness (QED) is 0.302. The minimum atomic E-state index is -6.25. The van der Waals surface area contributed by atoms with E-state index in [1.54, 1.807) is 0 Å². The molecule has 0 N–H and O–H groups in total. The van der Waals surface area contributed by atoms with Crippen LogP contribution in [0.25, 0.3) is 0 Å². The van der Waals surface area contributed by atoms with Crippen LogP contribution in [0.15, 0.2) is 12.2 Å². The van der Waals surface area contributed by atoms with E-state index in [-0.39, 0.29) is 0 Å². The molecule has 2 aliphatic rings. The van der Waals surface area contributed by atoms with Crippen LogP contribution in [0.4, 0.5) is 70.2 Å². The molecule has 0 aromatic carbocycles. The first-order chi connectivity index (χ1) is 13.9. The molecule has 4 nitrogen and oxygen atoms in total. The van der Waals surface area contributed by atoms with Gasteiger partial charge in [0.15, 0.2) is 0 Å². The molecule has 2 aliphatic heterocycles. The van der Waals surface area contributed by atoms with Crippen molar-refractivity contribution in [3.63, 3.8) is 0 Å². The van der Waals surface area contributed by atoms with Gasteiger partial charge in [-0.3, -0.25) is 0 Å². The summed E-state index contributed by atoms with van der Waals surface area (Å²) >= 11 is 0. The molecule has 0 bridgehead atoms. The monoisotopic (exact) mass is 514 g/mol. The Morgan fingerprint density at radius 3 is 0.781 bits per heavy atom. The van der Waals surface area contributed by atoms with E-state index in [1.807, 2.05) is 0 Å². The van der Waals surface area contributed by atoms with E-state index in [1.165, 1.54) is 0 Å². The molecule has 0 amide bonds. The highest BCUT2D eigenvalue weighted by molar-refractivity contribution is 5.02. The highest BCUT2D eigenvalue weighted by Crippen LogP contribution is 2.56.